The smallest absolute Gasteiger partial charge is 0.222 e. The van der Waals surface area contributed by atoms with Gasteiger partial charge in [-0.1, -0.05) is 36.4 Å². The standard InChI is InChI=1S/C25H31N3O3/c1-18(29)15-28(16-19-12-13-19)17-23-24(20-8-5-4-6-9-20)26-27(2)25(23)31-22-11-7-10-21(14-22)30-3/h4-11,14,18-19,29H,12-13,15-17H2,1-3H3/t18-/m1/s1. The topological polar surface area (TPSA) is 59.8 Å². The van der Waals surface area contributed by atoms with Crippen LogP contribution >= 0.6 is 0 Å². The Labute approximate surface area is 184 Å². The number of hydrogen-bond acceptors (Lipinski definition) is 5. The van der Waals surface area contributed by atoms with Gasteiger partial charge in [-0.2, -0.15) is 5.10 Å². The summed E-state index contributed by atoms with van der Waals surface area (Å²) in [7, 11) is 3.55. The number of benzene rings is 2. The first-order valence-corrected chi connectivity index (χ1v) is 10.9. The molecule has 1 fully saturated rings. The maximum Gasteiger partial charge on any atom is 0.222 e. The van der Waals surface area contributed by atoms with Crippen LogP contribution in [0.2, 0.25) is 0 Å². The number of hydrogen-bond donors (Lipinski definition) is 1. The fourth-order valence-electron chi connectivity index (χ4n) is 3.89. The van der Waals surface area contributed by atoms with Gasteiger partial charge in [0.15, 0.2) is 0 Å². The Kier molecular flexibility index (Phi) is 6.59. The van der Waals surface area contributed by atoms with E-state index in [-0.39, 0.29) is 0 Å². The van der Waals surface area contributed by atoms with Gasteiger partial charge in [0.25, 0.3) is 0 Å². The van der Waals surface area contributed by atoms with Crippen LogP contribution in [0.3, 0.4) is 0 Å². The maximum atomic E-state index is 10.1. The van der Waals surface area contributed by atoms with Crippen LogP contribution in [-0.2, 0) is 13.6 Å². The largest absolute Gasteiger partial charge is 0.497 e. The molecule has 6 nitrogen and oxygen atoms in total. The van der Waals surface area contributed by atoms with Crippen LogP contribution in [0.15, 0.2) is 54.6 Å². The van der Waals surface area contributed by atoms with E-state index < -0.39 is 6.10 Å². The summed E-state index contributed by atoms with van der Waals surface area (Å²) in [6.45, 7) is 4.11. The van der Waals surface area contributed by atoms with Crippen molar-refractivity contribution in [2.24, 2.45) is 13.0 Å². The van der Waals surface area contributed by atoms with Crippen LogP contribution in [0.5, 0.6) is 17.4 Å². The Morgan fingerprint density at radius 2 is 1.87 bits per heavy atom. The van der Waals surface area contributed by atoms with E-state index in [2.05, 4.69) is 17.0 Å². The van der Waals surface area contributed by atoms with E-state index >= 15 is 0 Å². The van der Waals surface area contributed by atoms with E-state index in [0.29, 0.717) is 24.7 Å². The van der Waals surface area contributed by atoms with E-state index in [1.807, 2.05) is 56.4 Å². The average Bonchev–Trinajstić information content (AvgIpc) is 3.53. The molecular weight excluding hydrogens is 390 g/mol. The molecule has 1 atom stereocenters. The first-order valence-electron chi connectivity index (χ1n) is 10.9. The van der Waals surface area contributed by atoms with Crippen molar-refractivity contribution in [2.45, 2.75) is 32.4 Å². The summed E-state index contributed by atoms with van der Waals surface area (Å²) in [4.78, 5) is 2.32. The lowest BCUT2D eigenvalue weighted by Gasteiger charge is -2.24. The van der Waals surface area contributed by atoms with Crippen LogP contribution in [0.4, 0.5) is 0 Å². The highest BCUT2D eigenvalue weighted by Gasteiger charge is 2.28. The maximum absolute atomic E-state index is 10.1. The van der Waals surface area contributed by atoms with Gasteiger partial charge in [0.2, 0.25) is 5.88 Å². The molecule has 1 heterocycles. The van der Waals surface area contributed by atoms with Gasteiger partial charge in [0, 0.05) is 38.3 Å². The number of rotatable bonds is 10. The molecule has 0 amide bonds. The molecule has 4 rings (SSSR count). The molecule has 0 bridgehead atoms. The van der Waals surface area contributed by atoms with Crippen molar-refractivity contribution < 1.29 is 14.6 Å². The Morgan fingerprint density at radius 3 is 2.55 bits per heavy atom. The third kappa shape index (κ3) is 5.46. The third-order valence-electron chi connectivity index (χ3n) is 5.51. The lowest BCUT2D eigenvalue weighted by molar-refractivity contribution is 0.119. The summed E-state index contributed by atoms with van der Waals surface area (Å²) in [6, 6.07) is 17.8. The highest BCUT2D eigenvalue weighted by atomic mass is 16.5. The molecule has 2 aromatic carbocycles. The molecule has 0 unspecified atom stereocenters. The van der Waals surface area contributed by atoms with Gasteiger partial charge in [-0.05, 0) is 37.8 Å². The zero-order valence-electron chi connectivity index (χ0n) is 18.5. The van der Waals surface area contributed by atoms with Crippen LogP contribution < -0.4 is 9.47 Å². The SMILES string of the molecule is COc1cccc(Oc2c(CN(CC3CC3)C[C@@H](C)O)c(-c3ccccc3)nn2C)c1. The summed E-state index contributed by atoms with van der Waals surface area (Å²) in [5, 5.41) is 14.9. The minimum absolute atomic E-state index is 0.390. The molecule has 3 aromatic rings. The lowest BCUT2D eigenvalue weighted by atomic mass is 10.1. The molecule has 0 saturated heterocycles. The van der Waals surface area contributed by atoms with E-state index in [1.54, 1.807) is 11.8 Å². The van der Waals surface area contributed by atoms with Gasteiger partial charge in [-0.15, -0.1) is 0 Å². The first-order chi connectivity index (χ1) is 15.0. The number of aliphatic hydroxyl groups is 1. The van der Waals surface area contributed by atoms with E-state index in [1.165, 1.54) is 12.8 Å². The quantitative estimate of drug-likeness (QED) is 0.523. The van der Waals surface area contributed by atoms with Crippen molar-refractivity contribution >= 4 is 0 Å². The van der Waals surface area contributed by atoms with Crippen molar-refractivity contribution in [3.8, 4) is 28.6 Å². The monoisotopic (exact) mass is 421 g/mol. The molecular formula is C25H31N3O3. The van der Waals surface area contributed by atoms with E-state index in [9.17, 15) is 5.11 Å². The van der Waals surface area contributed by atoms with Crippen molar-refractivity contribution in [3.63, 3.8) is 0 Å². The second kappa shape index (κ2) is 9.54. The first kappa shape index (κ1) is 21.4. The third-order valence-corrected chi connectivity index (χ3v) is 5.51. The summed E-state index contributed by atoms with van der Waals surface area (Å²) in [5.41, 5.74) is 2.99. The fraction of sp³-hybridized carbons (Fsp3) is 0.400. The van der Waals surface area contributed by atoms with E-state index in [4.69, 9.17) is 14.6 Å². The molecule has 1 saturated carbocycles. The Hall–Kier alpha value is -2.83. The van der Waals surface area contributed by atoms with Gasteiger partial charge < -0.3 is 14.6 Å². The van der Waals surface area contributed by atoms with Crippen LogP contribution in [0.25, 0.3) is 11.3 Å². The number of nitrogens with zero attached hydrogens (tertiary/aromatic N) is 3. The molecule has 1 aliphatic rings. The summed E-state index contributed by atoms with van der Waals surface area (Å²) < 4.78 is 13.5. The zero-order chi connectivity index (χ0) is 21.8. The van der Waals surface area contributed by atoms with Crippen molar-refractivity contribution in [3.05, 3.63) is 60.2 Å². The number of methoxy groups -OCH3 is 1. The molecule has 1 aliphatic carbocycles. The van der Waals surface area contributed by atoms with Gasteiger partial charge in [-0.25, -0.2) is 4.68 Å². The van der Waals surface area contributed by atoms with Gasteiger partial charge in [-0.3, -0.25) is 4.90 Å². The van der Waals surface area contributed by atoms with Crippen molar-refractivity contribution in [2.75, 3.05) is 20.2 Å². The number of aromatic nitrogens is 2. The highest BCUT2D eigenvalue weighted by Crippen LogP contribution is 2.36. The minimum atomic E-state index is -0.390. The predicted molar refractivity (Wildman–Crippen MR) is 121 cm³/mol. The Morgan fingerprint density at radius 1 is 1.13 bits per heavy atom. The van der Waals surface area contributed by atoms with E-state index in [0.717, 1.165) is 35.0 Å². The molecule has 1 aromatic heterocycles. The summed E-state index contributed by atoms with van der Waals surface area (Å²) >= 11 is 0. The number of aryl methyl sites for hydroxylation is 1. The second-order valence-electron chi connectivity index (χ2n) is 8.39. The summed E-state index contributed by atoms with van der Waals surface area (Å²) in [6.07, 6.45) is 2.14. The molecule has 6 heteroatoms. The van der Waals surface area contributed by atoms with Gasteiger partial charge >= 0.3 is 0 Å². The van der Waals surface area contributed by atoms with Crippen LogP contribution in [0.1, 0.15) is 25.3 Å². The molecule has 1 N–H and O–H groups in total. The van der Waals surface area contributed by atoms with Crippen molar-refractivity contribution in [1.29, 1.82) is 0 Å². The highest BCUT2D eigenvalue weighted by molar-refractivity contribution is 5.65. The van der Waals surface area contributed by atoms with Gasteiger partial charge in [0.05, 0.1) is 18.8 Å². The minimum Gasteiger partial charge on any atom is -0.497 e. The Bertz CT molecular complexity index is 993. The molecule has 0 aliphatic heterocycles. The molecule has 164 valence electrons. The fourth-order valence-corrected chi connectivity index (χ4v) is 3.89. The van der Waals surface area contributed by atoms with Crippen LogP contribution in [-0.4, -0.2) is 46.1 Å². The van der Waals surface area contributed by atoms with Crippen LogP contribution in [0, 0.1) is 5.92 Å². The average molecular weight is 422 g/mol. The second-order valence-corrected chi connectivity index (χ2v) is 8.39. The number of aliphatic hydroxyl groups excluding tert-OH is 1. The lowest BCUT2D eigenvalue weighted by Crippen LogP contribution is -2.32. The Balaban J connectivity index is 1.71. The normalized spacial score (nSPS) is 14.6. The summed E-state index contributed by atoms with van der Waals surface area (Å²) in [5.74, 6) is 2.87. The van der Waals surface area contributed by atoms with Crippen molar-refractivity contribution in [1.82, 2.24) is 14.7 Å². The molecule has 0 radical (unpaired) electrons. The molecule has 31 heavy (non-hydrogen) atoms. The predicted octanol–water partition coefficient (Wildman–Crippen LogP) is 4.48. The molecule has 0 spiro atoms. The zero-order valence-corrected chi connectivity index (χ0v) is 18.5. The van der Waals surface area contributed by atoms with Gasteiger partial charge in [0.1, 0.15) is 17.2 Å². The number of ether oxygens (including phenoxy) is 2.